The monoisotopic (exact) mass is 383 g/mol. The number of carbonyl (C=O) groups excluding carboxylic acids is 1. The van der Waals surface area contributed by atoms with Crippen LogP contribution in [0.15, 0.2) is 34.4 Å². The number of amides is 1. The lowest BCUT2D eigenvalue weighted by molar-refractivity contribution is -0.117. The molecule has 1 aromatic carbocycles. The zero-order valence-electron chi connectivity index (χ0n) is 15.1. The van der Waals surface area contributed by atoms with E-state index in [1.807, 2.05) is 36.6 Å². The van der Waals surface area contributed by atoms with Crippen LogP contribution in [0.2, 0.25) is 0 Å². The van der Waals surface area contributed by atoms with Gasteiger partial charge in [-0.15, -0.1) is 11.3 Å². The van der Waals surface area contributed by atoms with Crippen LogP contribution in [0.3, 0.4) is 0 Å². The maximum atomic E-state index is 12.4. The largest absolute Gasteiger partial charge is 0.346 e. The molecule has 0 bridgehead atoms. The quantitative estimate of drug-likeness (QED) is 0.751. The summed E-state index contributed by atoms with van der Waals surface area (Å²) in [5.74, 6) is 0.524. The van der Waals surface area contributed by atoms with Crippen molar-refractivity contribution >= 4 is 22.9 Å². The molecule has 140 valence electrons. The second kappa shape index (κ2) is 7.48. The van der Waals surface area contributed by atoms with Crippen LogP contribution in [0.1, 0.15) is 30.1 Å². The molecule has 3 heterocycles. The summed E-state index contributed by atoms with van der Waals surface area (Å²) in [6.45, 7) is 2.58. The third kappa shape index (κ3) is 3.85. The van der Waals surface area contributed by atoms with Crippen molar-refractivity contribution in [3.63, 3.8) is 0 Å². The lowest BCUT2D eigenvalue weighted by Crippen LogP contribution is -2.30. The van der Waals surface area contributed by atoms with Crippen LogP contribution >= 0.6 is 11.3 Å². The van der Waals surface area contributed by atoms with E-state index in [2.05, 4.69) is 15.4 Å². The van der Waals surface area contributed by atoms with E-state index in [0.717, 1.165) is 47.8 Å². The molecule has 0 spiro atoms. The van der Waals surface area contributed by atoms with Gasteiger partial charge in [-0.3, -0.25) is 9.36 Å². The first-order valence-corrected chi connectivity index (χ1v) is 9.97. The van der Waals surface area contributed by atoms with E-state index < -0.39 is 0 Å². The zero-order chi connectivity index (χ0) is 18.8. The molecule has 2 aromatic heterocycles. The highest BCUT2D eigenvalue weighted by molar-refractivity contribution is 7.09. The Labute approximate surface area is 160 Å². The van der Waals surface area contributed by atoms with Gasteiger partial charge in [0.25, 0.3) is 0 Å². The Bertz CT molecular complexity index is 1020. The number of carbonyl (C=O) groups is 1. The second-order valence-electron chi connectivity index (χ2n) is 6.70. The molecule has 8 heteroatoms. The number of fused-ring (bicyclic) bond motifs is 1. The van der Waals surface area contributed by atoms with Gasteiger partial charge in [-0.05, 0) is 31.9 Å². The van der Waals surface area contributed by atoms with Gasteiger partial charge in [0, 0.05) is 29.6 Å². The maximum Gasteiger partial charge on any atom is 0.346 e. The van der Waals surface area contributed by atoms with E-state index in [-0.39, 0.29) is 18.1 Å². The van der Waals surface area contributed by atoms with Crippen LogP contribution < -0.4 is 11.0 Å². The highest BCUT2D eigenvalue weighted by Gasteiger charge is 2.17. The highest BCUT2D eigenvalue weighted by Crippen LogP contribution is 2.23. The first-order chi connectivity index (χ1) is 13.1. The van der Waals surface area contributed by atoms with Crippen molar-refractivity contribution in [3.8, 4) is 11.3 Å². The zero-order valence-corrected chi connectivity index (χ0v) is 16.0. The van der Waals surface area contributed by atoms with Crippen molar-refractivity contribution in [3.05, 3.63) is 51.0 Å². The summed E-state index contributed by atoms with van der Waals surface area (Å²) in [5, 5.41) is 10.2. The van der Waals surface area contributed by atoms with Crippen LogP contribution in [0, 0.1) is 6.92 Å². The number of nitrogens with one attached hydrogen (secondary N) is 1. The minimum atomic E-state index is -0.261. The van der Waals surface area contributed by atoms with Gasteiger partial charge in [0.05, 0.1) is 10.7 Å². The molecule has 0 fully saturated rings. The van der Waals surface area contributed by atoms with Crippen LogP contribution in [0.4, 0.5) is 5.69 Å². The number of hydrogen-bond donors (Lipinski definition) is 1. The number of rotatable bonds is 4. The van der Waals surface area contributed by atoms with Crippen molar-refractivity contribution < 1.29 is 4.79 Å². The molecule has 3 aromatic rings. The molecular formula is C19H21N5O2S. The van der Waals surface area contributed by atoms with Gasteiger partial charge in [0.15, 0.2) is 0 Å². The fourth-order valence-corrected chi connectivity index (χ4v) is 3.91. The number of thiazole rings is 1. The van der Waals surface area contributed by atoms with E-state index in [1.54, 1.807) is 15.9 Å². The first kappa shape index (κ1) is 17.7. The van der Waals surface area contributed by atoms with Gasteiger partial charge in [0.2, 0.25) is 5.91 Å². The van der Waals surface area contributed by atoms with Crippen molar-refractivity contribution in [1.82, 2.24) is 19.3 Å². The summed E-state index contributed by atoms with van der Waals surface area (Å²) >= 11 is 1.61. The van der Waals surface area contributed by atoms with E-state index in [1.165, 1.54) is 4.68 Å². The van der Waals surface area contributed by atoms with Crippen LogP contribution in [-0.4, -0.2) is 25.2 Å². The number of aromatic nitrogens is 4. The fraction of sp³-hybridized carbons (Fsp3) is 0.368. The smallest absolute Gasteiger partial charge is 0.324 e. The minimum Gasteiger partial charge on any atom is -0.324 e. The average Bonchev–Trinajstić information content (AvgIpc) is 3.11. The molecule has 1 N–H and O–H groups in total. The van der Waals surface area contributed by atoms with Gasteiger partial charge in [-0.25, -0.2) is 14.5 Å². The Morgan fingerprint density at radius 2 is 2.04 bits per heavy atom. The lowest BCUT2D eigenvalue weighted by Gasteiger charge is -2.06. The standard InChI is InChI=1S/C19H21N5O2S/c1-13-20-16(12-27-13)14-6-8-15(9-7-14)21-18(25)11-24-19(26)23-10-4-2-3-5-17(23)22-24/h6-9,12H,2-5,10-11H2,1H3,(H,21,25). The number of benzene rings is 1. The molecule has 1 aliphatic heterocycles. The topological polar surface area (TPSA) is 81.8 Å². The van der Waals surface area contributed by atoms with Gasteiger partial charge in [-0.1, -0.05) is 18.6 Å². The third-order valence-corrected chi connectivity index (χ3v) is 5.43. The van der Waals surface area contributed by atoms with Crippen molar-refractivity contribution in [2.45, 2.75) is 45.7 Å². The second-order valence-corrected chi connectivity index (χ2v) is 7.76. The molecule has 4 rings (SSSR count). The molecule has 27 heavy (non-hydrogen) atoms. The Kier molecular flexibility index (Phi) is 4.89. The molecule has 0 unspecified atom stereocenters. The summed E-state index contributed by atoms with van der Waals surface area (Å²) < 4.78 is 2.97. The minimum absolute atomic E-state index is 0.0775. The predicted octanol–water partition coefficient (Wildman–Crippen LogP) is 2.84. The molecule has 7 nitrogen and oxygen atoms in total. The molecule has 0 saturated heterocycles. The normalized spacial score (nSPS) is 13.8. The van der Waals surface area contributed by atoms with Crippen molar-refractivity contribution in [1.29, 1.82) is 0 Å². The van der Waals surface area contributed by atoms with E-state index in [9.17, 15) is 9.59 Å². The van der Waals surface area contributed by atoms with E-state index in [0.29, 0.717) is 12.2 Å². The van der Waals surface area contributed by atoms with Crippen molar-refractivity contribution in [2.24, 2.45) is 0 Å². The number of aryl methyl sites for hydroxylation is 2. The number of anilines is 1. The Morgan fingerprint density at radius 1 is 1.22 bits per heavy atom. The molecule has 1 amide bonds. The van der Waals surface area contributed by atoms with Crippen LogP contribution in [-0.2, 0) is 24.3 Å². The van der Waals surface area contributed by atoms with Crippen LogP contribution in [0.5, 0.6) is 0 Å². The van der Waals surface area contributed by atoms with Gasteiger partial charge in [0.1, 0.15) is 12.4 Å². The summed E-state index contributed by atoms with van der Waals surface area (Å²) in [4.78, 5) is 29.2. The number of nitrogens with zero attached hydrogens (tertiary/aromatic N) is 4. The van der Waals surface area contributed by atoms with E-state index >= 15 is 0 Å². The Morgan fingerprint density at radius 3 is 2.78 bits per heavy atom. The highest BCUT2D eigenvalue weighted by atomic mass is 32.1. The van der Waals surface area contributed by atoms with Crippen LogP contribution in [0.25, 0.3) is 11.3 Å². The summed E-state index contributed by atoms with van der Waals surface area (Å²) in [7, 11) is 0. The molecule has 0 saturated carbocycles. The van der Waals surface area contributed by atoms with Gasteiger partial charge < -0.3 is 5.32 Å². The molecule has 1 aliphatic rings. The van der Waals surface area contributed by atoms with E-state index in [4.69, 9.17) is 0 Å². The third-order valence-electron chi connectivity index (χ3n) is 4.66. The predicted molar refractivity (Wildman–Crippen MR) is 105 cm³/mol. The van der Waals surface area contributed by atoms with Gasteiger partial charge in [-0.2, -0.15) is 5.10 Å². The SMILES string of the molecule is Cc1nc(-c2ccc(NC(=O)Cn3nc4n(c3=O)CCCCC4)cc2)cs1. The number of hydrogen-bond acceptors (Lipinski definition) is 5. The summed E-state index contributed by atoms with van der Waals surface area (Å²) in [5.41, 5.74) is 2.42. The molecule has 0 atom stereocenters. The maximum absolute atomic E-state index is 12.4. The first-order valence-electron chi connectivity index (χ1n) is 9.09. The van der Waals surface area contributed by atoms with Gasteiger partial charge >= 0.3 is 5.69 Å². The van der Waals surface area contributed by atoms with Crippen molar-refractivity contribution in [2.75, 3.05) is 5.32 Å². The fourth-order valence-electron chi connectivity index (χ4n) is 3.29. The summed E-state index contributed by atoms with van der Waals surface area (Å²) in [6, 6.07) is 7.53. The average molecular weight is 383 g/mol. The Hall–Kier alpha value is -2.74. The Balaban J connectivity index is 1.43. The lowest BCUT2D eigenvalue weighted by atomic mass is 10.1. The molecule has 0 aliphatic carbocycles. The molecular weight excluding hydrogens is 362 g/mol. The summed E-state index contributed by atoms with van der Waals surface area (Å²) in [6.07, 6.45) is 3.92. The molecule has 0 radical (unpaired) electrons.